The lowest BCUT2D eigenvalue weighted by atomic mass is 10.1. The summed E-state index contributed by atoms with van der Waals surface area (Å²) < 4.78 is 0. The number of carbonyl (C=O) groups excluding carboxylic acids is 1. The Bertz CT molecular complexity index is 236. The maximum absolute atomic E-state index is 12.2. The Morgan fingerprint density at radius 1 is 1.53 bits per heavy atom. The molecule has 1 N–H and O–H groups in total. The minimum Gasteiger partial charge on any atom is -0.339 e. The summed E-state index contributed by atoms with van der Waals surface area (Å²) in [6, 6.07) is 0.507. The summed E-state index contributed by atoms with van der Waals surface area (Å²) in [6.45, 7) is 7.32. The first-order valence-corrected chi connectivity index (χ1v) is 6.23. The summed E-state index contributed by atoms with van der Waals surface area (Å²) in [4.78, 5) is 14.4. The molecule has 3 atom stereocenters. The number of nitrogens with one attached hydrogen (secondary N) is 1. The second-order valence-corrected chi connectivity index (χ2v) is 5.08. The van der Waals surface area contributed by atoms with Gasteiger partial charge in [-0.15, -0.1) is 0 Å². The van der Waals surface area contributed by atoms with Crippen LogP contribution in [0.1, 0.15) is 33.1 Å². The van der Waals surface area contributed by atoms with E-state index in [1.165, 1.54) is 6.42 Å². The molecule has 1 amide bonds. The molecule has 15 heavy (non-hydrogen) atoms. The first-order valence-electron chi connectivity index (χ1n) is 6.23. The number of rotatable bonds is 2. The van der Waals surface area contributed by atoms with Gasteiger partial charge in [-0.05, 0) is 31.7 Å². The molecule has 0 aliphatic carbocycles. The SMILES string of the molecule is CCC1CC(C)CN1C(=O)[C@H]1CCNC1. The van der Waals surface area contributed by atoms with E-state index in [0.29, 0.717) is 17.9 Å². The van der Waals surface area contributed by atoms with E-state index in [1.807, 2.05) is 0 Å². The number of hydrogen-bond donors (Lipinski definition) is 1. The lowest BCUT2D eigenvalue weighted by Gasteiger charge is -2.26. The van der Waals surface area contributed by atoms with Crippen molar-refractivity contribution in [3.8, 4) is 0 Å². The van der Waals surface area contributed by atoms with Gasteiger partial charge in [0.15, 0.2) is 0 Å². The van der Waals surface area contributed by atoms with E-state index in [0.717, 1.165) is 32.5 Å². The molecule has 2 unspecified atom stereocenters. The third-order valence-corrected chi connectivity index (χ3v) is 3.79. The Hall–Kier alpha value is -0.570. The largest absolute Gasteiger partial charge is 0.339 e. The van der Waals surface area contributed by atoms with Gasteiger partial charge < -0.3 is 10.2 Å². The van der Waals surface area contributed by atoms with Gasteiger partial charge in [-0.2, -0.15) is 0 Å². The lowest BCUT2D eigenvalue weighted by molar-refractivity contribution is -0.135. The summed E-state index contributed by atoms with van der Waals surface area (Å²) in [7, 11) is 0. The van der Waals surface area contributed by atoms with Crippen molar-refractivity contribution in [2.24, 2.45) is 11.8 Å². The van der Waals surface area contributed by atoms with Crippen LogP contribution < -0.4 is 5.32 Å². The van der Waals surface area contributed by atoms with Crippen molar-refractivity contribution in [3.63, 3.8) is 0 Å². The molecule has 0 saturated carbocycles. The minimum atomic E-state index is 0.254. The number of likely N-dealkylation sites (tertiary alicyclic amines) is 1. The van der Waals surface area contributed by atoms with Crippen molar-refractivity contribution >= 4 is 5.91 Å². The summed E-state index contributed by atoms with van der Waals surface area (Å²) in [5.74, 6) is 1.34. The smallest absolute Gasteiger partial charge is 0.227 e. The van der Waals surface area contributed by atoms with Gasteiger partial charge in [0.1, 0.15) is 0 Å². The predicted molar refractivity (Wildman–Crippen MR) is 60.5 cm³/mol. The maximum Gasteiger partial charge on any atom is 0.227 e. The molecular formula is C12H22N2O. The van der Waals surface area contributed by atoms with Crippen LogP contribution in [-0.4, -0.2) is 36.5 Å². The van der Waals surface area contributed by atoms with Crippen molar-refractivity contribution in [2.75, 3.05) is 19.6 Å². The summed E-state index contributed by atoms with van der Waals surface area (Å²) >= 11 is 0. The number of hydrogen-bond acceptors (Lipinski definition) is 2. The Labute approximate surface area is 92.2 Å². The monoisotopic (exact) mass is 210 g/mol. The molecule has 0 aromatic rings. The molecule has 2 aliphatic heterocycles. The molecule has 0 bridgehead atoms. The first kappa shape index (κ1) is 10.9. The molecule has 0 radical (unpaired) electrons. The molecule has 2 saturated heterocycles. The zero-order valence-corrected chi connectivity index (χ0v) is 9.83. The average molecular weight is 210 g/mol. The molecule has 3 nitrogen and oxygen atoms in total. The molecule has 2 fully saturated rings. The van der Waals surface area contributed by atoms with Gasteiger partial charge in [-0.25, -0.2) is 0 Å². The molecule has 2 heterocycles. The normalized spacial score (nSPS) is 36.1. The summed E-state index contributed by atoms with van der Waals surface area (Å²) in [6.07, 6.45) is 3.33. The Kier molecular flexibility index (Phi) is 3.29. The molecule has 2 rings (SSSR count). The van der Waals surface area contributed by atoms with E-state index in [4.69, 9.17) is 0 Å². The van der Waals surface area contributed by atoms with Crippen LogP contribution in [0.2, 0.25) is 0 Å². The fraction of sp³-hybridized carbons (Fsp3) is 0.917. The van der Waals surface area contributed by atoms with Crippen LogP contribution in [0, 0.1) is 11.8 Å². The van der Waals surface area contributed by atoms with Gasteiger partial charge in [-0.1, -0.05) is 13.8 Å². The quantitative estimate of drug-likeness (QED) is 0.744. The van der Waals surface area contributed by atoms with E-state index in [9.17, 15) is 4.79 Å². The molecule has 0 aromatic carbocycles. The van der Waals surface area contributed by atoms with E-state index < -0.39 is 0 Å². The Morgan fingerprint density at radius 3 is 2.93 bits per heavy atom. The van der Waals surface area contributed by atoms with E-state index in [1.54, 1.807) is 0 Å². The number of carbonyl (C=O) groups is 1. The maximum atomic E-state index is 12.2. The molecule has 86 valence electrons. The van der Waals surface area contributed by atoms with Gasteiger partial charge in [0, 0.05) is 19.1 Å². The molecule has 2 aliphatic rings. The zero-order chi connectivity index (χ0) is 10.8. The van der Waals surface area contributed by atoms with Gasteiger partial charge in [0.2, 0.25) is 5.91 Å². The number of amides is 1. The topological polar surface area (TPSA) is 32.3 Å². The van der Waals surface area contributed by atoms with Gasteiger partial charge in [0.05, 0.1) is 5.92 Å². The van der Waals surface area contributed by atoms with Gasteiger partial charge in [0.25, 0.3) is 0 Å². The summed E-state index contributed by atoms with van der Waals surface area (Å²) in [5.41, 5.74) is 0. The highest BCUT2D eigenvalue weighted by Crippen LogP contribution is 2.27. The molecular weight excluding hydrogens is 188 g/mol. The number of nitrogens with zero attached hydrogens (tertiary/aromatic N) is 1. The highest BCUT2D eigenvalue weighted by Gasteiger charge is 2.35. The van der Waals surface area contributed by atoms with E-state index in [-0.39, 0.29) is 5.92 Å². The van der Waals surface area contributed by atoms with Crippen molar-refractivity contribution in [1.82, 2.24) is 10.2 Å². The van der Waals surface area contributed by atoms with Crippen LogP contribution in [0.25, 0.3) is 0 Å². The van der Waals surface area contributed by atoms with Crippen LogP contribution in [0.3, 0.4) is 0 Å². The molecule has 0 spiro atoms. The average Bonchev–Trinajstić information content (AvgIpc) is 2.84. The first-order chi connectivity index (χ1) is 7.22. The van der Waals surface area contributed by atoms with Gasteiger partial charge in [-0.3, -0.25) is 4.79 Å². The third-order valence-electron chi connectivity index (χ3n) is 3.79. The summed E-state index contributed by atoms with van der Waals surface area (Å²) in [5, 5.41) is 3.27. The zero-order valence-electron chi connectivity index (χ0n) is 9.83. The second kappa shape index (κ2) is 4.52. The standard InChI is InChI=1S/C12H22N2O/c1-3-11-6-9(2)8-14(11)12(15)10-4-5-13-7-10/h9-11,13H,3-8H2,1-2H3/t9?,10-,11?/m0/s1. The Balaban J connectivity index is 1.99. The fourth-order valence-electron chi connectivity index (χ4n) is 2.91. The Morgan fingerprint density at radius 2 is 2.33 bits per heavy atom. The fourth-order valence-corrected chi connectivity index (χ4v) is 2.91. The highest BCUT2D eigenvalue weighted by molar-refractivity contribution is 5.80. The van der Waals surface area contributed by atoms with Crippen LogP contribution in [0.5, 0.6) is 0 Å². The van der Waals surface area contributed by atoms with E-state index >= 15 is 0 Å². The van der Waals surface area contributed by atoms with Crippen molar-refractivity contribution in [3.05, 3.63) is 0 Å². The van der Waals surface area contributed by atoms with Crippen molar-refractivity contribution < 1.29 is 4.79 Å². The minimum absolute atomic E-state index is 0.254. The predicted octanol–water partition coefficient (Wildman–Crippen LogP) is 1.24. The van der Waals surface area contributed by atoms with Crippen LogP contribution in [-0.2, 0) is 4.79 Å². The highest BCUT2D eigenvalue weighted by atomic mass is 16.2. The van der Waals surface area contributed by atoms with Crippen LogP contribution in [0.4, 0.5) is 0 Å². The second-order valence-electron chi connectivity index (χ2n) is 5.08. The van der Waals surface area contributed by atoms with Crippen molar-refractivity contribution in [1.29, 1.82) is 0 Å². The third kappa shape index (κ3) is 2.17. The van der Waals surface area contributed by atoms with E-state index in [2.05, 4.69) is 24.1 Å². The molecule has 0 aromatic heterocycles. The molecule has 3 heteroatoms. The van der Waals surface area contributed by atoms with Gasteiger partial charge >= 0.3 is 0 Å². The van der Waals surface area contributed by atoms with Crippen LogP contribution in [0.15, 0.2) is 0 Å². The van der Waals surface area contributed by atoms with Crippen molar-refractivity contribution in [2.45, 2.75) is 39.2 Å². The van der Waals surface area contributed by atoms with Crippen LogP contribution >= 0.6 is 0 Å². The lowest BCUT2D eigenvalue weighted by Crippen LogP contribution is -2.40.